The van der Waals surface area contributed by atoms with Gasteiger partial charge in [0.15, 0.2) is 16.6 Å². The number of nitrogens with two attached hydrogens (primary N) is 1. The Bertz CT molecular complexity index is 613. The molecule has 7 heteroatoms. The highest BCUT2D eigenvalue weighted by Crippen LogP contribution is 2.27. The van der Waals surface area contributed by atoms with Crippen LogP contribution in [0.2, 0.25) is 0 Å². The number of carbonyl (C=O) groups excluding carboxylic acids is 1. The summed E-state index contributed by atoms with van der Waals surface area (Å²) in [5, 5.41) is 4.77. The van der Waals surface area contributed by atoms with E-state index in [2.05, 4.69) is 10.3 Å². The molecule has 0 bridgehead atoms. The number of anilines is 1. The van der Waals surface area contributed by atoms with Gasteiger partial charge in [0.05, 0.1) is 14.2 Å². The summed E-state index contributed by atoms with van der Waals surface area (Å²) in [7, 11) is 3.14. The molecule has 0 fully saturated rings. The quantitative estimate of drug-likeness (QED) is 0.875. The lowest BCUT2D eigenvalue weighted by Crippen LogP contribution is -2.23. The van der Waals surface area contributed by atoms with E-state index >= 15 is 0 Å². The molecule has 0 aliphatic heterocycles. The van der Waals surface area contributed by atoms with Gasteiger partial charge in [-0.2, -0.15) is 0 Å². The second-order valence-electron chi connectivity index (χ2n) is 3.94. The smallest absolute Gasteiger partial charge is 0.271 e. The number of hydrogen-bond acceptors (Lipinski definition) is 6. The van der Waals surface area contributed by atoms with Crippen LogP contribution >= 0.6 is 11.3 Å². The third-order valence-corrected chi connectivity index (χ3v) is 3.33. The van der Waals surface area contributed by atoms with Crippen LogP contribution in [0, 0.1) is 0 Å². The Labute approximate surface area is 120 Å². The van der Waals surface area contributed by atoms with Gasteiger partial charge in [0.25, 0.3) is 5.91 Å². The van der Waals surface area contributed by atoms with Gasteiger partial charge < -0.3 is 20.5 Å². The van der Waals surface area contributed by atoms with Crippen LogP contribution < -0.4 is 20.5 Å². The van der Waals surface area contributed by atoms with Gasteiger partial charge in [0, 0.05) is 11.9 Å². The largest absolute Gasteiger partial charge is 0.493 e. The molecule has 0 aliphatic carbocycles. The van der Waals surface area contributed by atoms with Gasteiger partial charge in [-0.3, -0.25) is 4.79 Å². The van der Waals surface area contributed by atoms with E-state index in [1.165, 1.54) is 11.3 Å². The number of nitrogens with zero attached hydrogens (tertiary/aromatic N) is 1. The standard InChI is InChI=1S/C13H15N3O3S/c1-18-10-4-3-8(5-11(10)19-2)6-15-12(17)9-7-20-13(14)16-9/h3-5,7H,6H2,1-2H3,(H2,14,16)(H,15,17). The lowest BCUT2D eigenvalue weighted by molar-refractivity contribution is 0.0946. The maximum absolute atomic E-state index is 11.8. The van der Waals surface area contributed by atoms with E-state index < -0.39 is 0 Å². The summed E-state index contributed by atoms with van der Waals surface area (Å²) in [5.74, 6) is 1.01. The molecule has 0 atom stereocenters. The molecule has 0 saturated heterocycles. The molecule has 0 radical (unpaired) electrons. The SMILES string of the molecule is COc1ccc(CNC(=O)c2csc(N)n2)cc1OC. The van der Waals surface area contributed by atoms with Crippen molar-refractivity contribution in [3.63, 3.8) is 0 Å². The number of carbonyl (C=O) groups is 1. The average molecular weight is 293 g/mol. The number of rotatable bonds is 5. The zero-order chi connectivity index (χ0) is 14.5. The van der Waals surface area contributed by atoms with E-state index in [4.69, 9.17) is 15.2 Å². The van der Waals surface area contributed by atoms with Crippen molar-refractivity contribution in [2.24, 2.45) is 0 Å². The van der Waals surface area contributed by atoms with E-state index in [9.17, 15) is 4.79 Å². The van der Waals surface area contributed by atoms with Crippen molar-refractivity contribution in [1.82, 2.24) is 10.3 Å². The van der Waals surface area contributed by atoms with Crippen molar-refractivity contribution in [3.05, 3.63) is 34.8 Å². The van der Waals surface area contributed by atoms with Gasteiger partial charge in [-0.15, -0.1) is 11.3 Å². The summed E-state index contributed by atoms with van der Waals surface area (Å²) < 4.78 is 10.4. The molecule has 1 aromatic carbocycles. The van der Waals surface area contributed by atoms with Gasteiger partial charge in [0.2, 0.25) is 0 Å². The van der Waals surface area contributed by atoms with E-state index in [1.54, 1.807) is 25.7 Å². The van der Waals surface area contributed by atoms with Crippen molar-refractivity contribution in [2.75, 3.05) is 20.0 Å². The predicted molar refractivity (Wildman–Crippen MR) is 77.2 cm³/mol. The first-order chi connectivity index (χ1) is 9.63. The summed E-state index contributed by atoms with van der Waals surface area (Å²) in [5.41, 5.74) is 6.72. The first-order valence-electron chi connectivity index (χ1n) is 5.84. The van der Waals surface area contributed by atoms with Crippen LogP contribution in [0.25, 0.3) is 0 Å². The molecule has 20 heavy (non-hydrogen) atoms. The van der Waals surface area contributed by atoms with Crippen molar-refractivity contribution < 1.29 is 14.3 Å². The lowest BCUT2D eigenvalue weighted by atomic mass is 10.2. The Morgan fingerprint density at radius 2 is 2.10 bits per heavy atom. The second-order valence-corrected chi connectivity index (χ2v) is 4.83. The number of amides is 1. The van der Waals surface area contributed by atoms with Crippen LogP contribution in [0.15, 0.2) is 23.6 Å². The third-order valence-electron chi connectivity index (χ3n) is 2.66. The van der Waals surface area contributed by atoms with Gasteiger partial charge in [-0.05, 0) is 17.7 Å². The number of hydrogen-bond donors (Lipinski definition) is 2. The molecular weight excluding hydrogens is 278 g/mol. The Hall–Kier alpha value is -2.28. The summed E-state index contributed by atoms with van der Waals surface area (Å²) in [6.45, 7) is 0.372. The first-order valence-corrected chi connectivity index (χ1v) is 6.72. The van der Waals surface area contributed by atoms with E-state index in [0.717, 1.165) is 5.56 Å². The normalized spacial score (nSPS) is 10.1. The third kappa shape index (κ3) is 3.18. The minimum atomic E-state index is -0.257. The number of ether oxygens (including phenoxy) is 2. The van der Waals surface area contributed by atoms with Crippen LogP contribution in [-0.4, -0.2) is 25.1 Å². The molecule has 2 rings (SSSR count). The molecule has 1 aromatic heterocycles. The Morgan fingerprint density at radius 1 is 1.35 bits per heavy atom. The van der Waals surface area contributed by atoms with Crippen LogP contribution in [0.3, 0.4) is 0 Å². The number of methoxy groups -OCH3 is 2. The van der Waals surface area contributed by atoms with Crippen molar-refractivity contribution in [2.45, 2.75) is 6.54 Å². The minimum absolute atomic E-state index is 0.257. The fraction of sp³-hybridized carbons (Fsp3) is 0.231. The van der Waals surface area contributed by atoms with Crippen molar-refractivity contribution in [3.8, 4) is 11.5 Å². The van der Waals surface area contributed by atoms with Gasteiger partial charge in [-0.1, -0.05) is 6.07 Å². The van der Waals surface area contributed by atoms with Gasteiger partial charge in [0.1, 0.15) is 5.69 Å². The first kappa shape index (κ1) is 14.1. The molecule has 106 valence electrons. The van der Waals surface area contributed by atoms with E-state index in [0.29, 0.717) is 28.9 Å². The van der Waals surface area contributed by atoms with E-state index in [1.807, 2.05) is 12.1 Å². The highest BCUT2D eigenvalue weighted by atomic mass is 32.1. The van der Waals surface area contributed by atoms with Gasteiger partial charge in [-0.25, -0.2) is 4.98 Å². The molecule has 1 heterocycles. The van der Waals surface area contributed by atoms with Crippen LogP contribution in [-0.2, 0) is 6.54 Å². The zero-order valence-corrected chi connectivity index (χ0v) is 12.0. The number of benzene rings is 1. The number of thiazole rings is 1. The molecule has 1 amide bonds. The lowest BCUT2D eigenvalue weighted by Gasteiger charge is -2.10. The van der Waals surface area contributed by atoms with Crippen molar-refractivity contribution in [1.29, 1.82) is 0 Å². The average Bonchev–Trinajstić information content (AvgIpc) is 2.91. The number of nitrogen functional groups attached to an aromatic ring is 1. The molecule has 0 saturated carbocycles. The molecular formula is C13H15N3O3S. The van der Waals surface area contributed by atoms with Crippen molar-refractivity contribution >= 4 is 22.4 Å². The predicted octanol–water partition coefficient (Wildman–Crippen LogP) is 1.67. The highest BCUT2D eigenvalue weighted by Gasteiger charge is 2.10. The summed E-state index contributed by atoms with van der Waals surface area (Å²) in [4.78, 5) is 15.8. The molecule has 2 aromatic rings. The van der Waals surface area contributed by atoms with Crippen LogP contribution in [0.1, 0.15) is 16.1 Å². The Balaban J connectivity index is 2.02. The Kier molecular flexibility index (Phi) is 4.41. The van der Waals surface area contributed by atoms with E-state index in [-0.39, 0.29) is 5.91 Å². The van der Waals surface area contributed by atoms with Crippen LogP contribution in [0.5, 0.6) is 11.5 Å². The molecule has 6 nitrogen and oxygen atoms in total. The minimum Gasteiger partial charge on any atom is -0.493 e. The fourth-order valence-corrected chi connectivity index (χ4v) is 2.20. The highest BCUT2D eigenvalue weighted by molar-refractivity contribution is 7.13. The number of aromatic nitrogens is 1. The summed E-state index contributed by atoms with van der Waals surface area (Å²) in [6.07, 6.45) is 0. The topological polar surface area (TPSA) is 86.5 Å². The molecule has 0 unspecified atom stereocenters. The number of nitrogens with one attached hydrogen (secondary N) is 1. The summed E-state index contributed by atoms with van der Waals surface area (Å²) >= 11 is 1.23. The molecule has 0 spiro atoms. The molecule has 3 N–H and O–H groups in total. The zero-order valence-electron chi connectivity index (χ0n) is 11.2. The maximum Gasteiger partial charge on any atom is 0.271 e. The molecule has 0 aliphatic rings. The monoisotopic (exact) mass is 293 g/mol. The Morgan fingerprint density at radius 3 is 2.70 bits per heavy atom. The maximum atomic E-state index is 11.8. The van der Waals surface area contributed by atoms with Gasteiger partial charge >= 0.3 is 0 Å². The van der Waals surface area contributed by atoms with Crippen LogP contribution in [0.4, 0.5) is 5.13 Å². The fourth-order valence-electron chi connectivity index (χ4n) is 1.66. The second kappa shape index (κ2) is 6.25. The summed E-state index contributed by atoms with van der Waals surface area (Å²) in [6, 6.07) is 5.46.